The first-order chi connectivity index (χ1) is 16.3. The van der Waals surface area contributed by atoms with E-state index in [1.807, 2.05) is 24.4 Å². The Hall–Kier alpha value is -4.17. The fourth-order valence-corrected chi connectivity index (χ4v) is 5.17. The molecule has 0 radical (unpaired) electrons. The summed E-state index contributed by atoms with van der Waals surface area (Å²) in [7, 11) is 0. The fraction of sp³-hybridized carbons (Fsp3) is 0.0645. The minimum Gasteiger partial charge on any atom is -0.306 e. The molecular weight excluding hydrogens is 400 g/mol. The average Bonchev–Trinajstić information content (AvgIpc) is 3.32. The predicted molar refractivity (Wildman–Crippen MR) is 139 cm³/mol. The lowest BCUT2D eigenvalue weighted by Crippen LogP contribution is -2.16. The van der Waals surface area contributed by atoms with Gasteiger partial charge in [0, 0.05) is 29.8 Å². The Morgan fingerprint density at radius 1 is 0.758 bits per heavy atom. The molecule has 2 unspecified atom stereocenters. The van der Waals surface area contributed by atoms with E-state index < -0.39 is 0 Å². The van der Waals surface area contributed by atoms with E-state index in [-0.39, 0.29) is 11.8 Å². The zero-order valence-corrected chi connectivity index (χ0v) is 18.4. The van der Waals surface area contributed by atoms with Crippen molar-refractivity contribution < 1.29 is 0 Å². The number of imidazole rings is 1. The van der Waals surface area contributed by atoms with Crippen molar-refractivity contribution in [1.82, 2.24) is 9.38 Å². The summed E-state index contributed by atoms with van der Waals surface area (Å²) in [5, 5.41) is 2.56. The fourth-order valence-electron chi connectivity index (χ4n) is 5.17. The molecule has 3 aromatic carbocycles. The summed E-state index contributed by atoms with van der Waals surface area (Å²) < 4.78 is 2.05. The topological polar surface area (TPSA) is 17.3 Å². The predicted octanol–water partition coefficient (Wildman–Crippen LogP) is 7.78. The van der Waals surface area contributed by atoms with E-state index in [0.717, 1.165) is 16.9 Å². The van der Waals surface area contributed by atoms with Crippen LogP contribution in [-0.4, -0.2) is 9.38 Å². The van der Waals surface area contributed by atoms with Crippen LogP contribution in [0.3, 0.4) is 0 Å². The second-order valence-corrected chi connectivity index (χ2v) is 8.58. The number of allylic oxidation sites excluding steroid dienone is 3. The second-order valence-electron chi connectivity index (χ2n) is 8.58. The lowest BCUT2D eigenvalue weighted by molar-refractivity contribution is 0.725. The zero-order chi connectivity index (χ0) is 22.4. The third-order valence-electron chi connectivity index (χ3n) is 6.78. The highest BCUT2D eigenvalue weighted by Crippen LogP contribution is 2.46. The Bertz CT molecular complexity index is 1520. The molecule has 1 aliphatic rings. The molecule has 0 N–H and O–H groups in total. The van der Waals surface area contributed by atoms with Crippen molar-refractivity contribution in [2.75, 3.05) is 0 Å². The quantitative estimate of drug-likeness (QED) is 0.269. The van der Waals surface area contributed by atoms with Gasteiger partial charge in [0.05, 0.1) is 5.69 Å². The van der Waals surface area contributed by atoms with Crippen molar-refractivity contribution >= 4 is 28.1 Å². The summed E-state index contributed by atoms with van der Waals surface area (Å²) in [6.07, 6.45) is 10.6. The van der Waals surface area contributed by atoms with E-state index in [1.165, 1.54) is 33.0 Å². The monoisotopic (exact) mass is 424 g/mol. The van der Waals surface area contributed by atoms with Gasteiger partial charge < -0.3 is 4.40 Å². The first-order valence-corrected chi connectivity index (χ1v) is 11.3. The van der Waals surface area contributed by atoms with Crippen LogP contribution in [0.25, 0.3) is 39.3 Å². The van der Waals surface area contributed by atoms with Gasteiger partial charge in [-0.25, -0.2) is 4.98 Å². The summed E-state index contributed by atoms with van der Waals surface area (Å²) in [6.45, 7) is 8.40. The number of nitrogens with zero attached hydrogens (tertiary/aromatic N) is 2. The third-order valence-corrected chi connectivity index (χ3v) is 6.78. The maximum Gasteiger partial charge on any atom is 0.137 e. The second kappa shape index (κ2) is 7.75. The standard InChI is InChI=1S/C31H24N2/c1-3-25-26(4-2)31-24(17-14-21-9-5-6-10-27(21)31)19-28(25)22-12-15-23(16-13-22)29-20-33-18-8-7-11-30(33)32-29/h3-20,25-26H,1-2H2. The Morgan fingerprint density at radius 2 is 1.52 bits per heavy atom. The molecule has 6 rings (SSSR count). The van der Waals surface area contributed by atoms with Gasteiger partial charge in [-0.05, 0) is 45.2 Å². The van der Waals surface area contributed by atoms with E-state index in [4.69, 9.17) is 4.98 Å². The highest BCUT2D eigenvalue weighted by molar-refractivity contribution is 5.96. The molecule has 2 nitrogen and oxygen atoms in total. The van der Waals surface area contributed by atoms with Crippen LogP contribution in [0.1, 0.15) is 22.6 Å². The molecule has 2 heterocycles. The molecule has 0 bridgehead atoms. The van der Waals surface area contributed by atoms with Crippen molar-refractivity contribution in [2.45, 2.75) is 5.92 Å². The molecule has 0 saturated heterocycles. The molecule has 158 valence electrons. The van der Waals surface area contributed by atoms with Gasteiger partial charge >= 0.3 is 0 Å². The van der Waals surface area contributed by atoms with Gasteiger partial charge in [0.2, 0.25) is 0 Å². The molecule has 0 fully saturated rings. The van der Waals surface area contributed by atoms with Crippen LogP contribution in [0, 0.1) is 5.92 Å². The van der Waals surface area contributed by atoms with Gasteiger partial charge in [-0.15, -0.1) is 13.2 Å². The Balaban J connectivity index is 1.45. The number of aromatic nitrogens is 2. The number of fused-ring (bicyclic) bond motifs is 4. The normalized spacial score (nSPS) is 17.5. The minimum atomic E-state index is 0.168. The van der Waals surface area contributed by atoms with Crippen molar-refractivity contribution in [2.24, 2.45) is 5.92 Å². The molecule has 0 spiro atoms. The molecule has 1 aliphatic carbocycles. The van der Waals surface area contributed by atoms with Crippen molar-refractivity contribution in [3.63, 3.8) is 0 Å². The van der Waals surface area contributed by atoms with Crippen LogP contribution < -0.4 is 0 Å². The van der Waals surface area contributed by atoms with Crippen LogP contribution in [0.5, 0.6) is 0 Å². The van der Waals surface area contributed by atoms with Crippen molar-refractivity contribution in [3.05, 3.63) is 133 Å². The van der Waals surface area contributed by atoms with Gasteiger partial charge in [0.15, 0.2) is 0 Å². The maximum absolute atomic E-state index is 4.76. The third kappa shape index (κ3) is 3.15. The van der Waals surface area contributed by atoms with E-state index >= 15 is 0 Å². The summed E-state index contributed by atoms with van der Waals surface area (Å²) in [5.41, 5.74) is 8.13. The average molecular weight is 425 g/mol. The van der Waals surface area contributed by atoms with Gasteiger partial charge in [0.1, 0.15) is 5.65 Å². The molecule has 0 amide bonds. The lowest BCUT2D eigenvalue weighted by atomic mass is 9.71. The summed E-state index contributed by atoms with van der Waals surface area (Å²) in [6, 6.07) is 27.8. The van der Waals surface area contributed by atoms with Gasteiger partial charge in [-0.2, -0.15) is 0 Å². The highest BCUT2D eigenvalue weighted by atomic mass is 15.0. The molecule has 0 aliphatic heterocycles. The van der Waals surface area contributed by atoms with Crippen molar-refractivity contribution in [1.29, 1.82) is 0 Å². The van der Waals surface area contributed by atoms with E-state index in [9.17, 15) is 0 Å². The highest BCUT2D eigenvalue weighted by Gasteiger charge is 2.29. The van der Waals surface area contributed by atoms with E-state index in [2.05, 4.69) is 103 Å². The first kappa shape index (κ1) is 19.5. The van der Waals surface area contributed by atoms with Crippen LogP contribution in [0.2, 0.25) is 0 Å². The largest absolute Gasteiger partial charge is 0.306 e. The van der Waals surface area contributed by atoms with Crippen LogP contribution in [0.15, 0.2) is 117 Å². The van der Waals surface area contributed by atoms with Crippen LogP contribution in [0.4, 0.5) is 0 Å². The Kier molecular flexibility index (Phi) is 4.58. The minimum absolute atomic E-state index is 0.168. The molecule has 2 aromatic heterocycles. The Morgan fingerprint density at radius 3 is 2.30 bits per heavy atom. The number of benzene rings is 3. The number of hydrogen-bond donors (Lipinski definition) is 0. The van der Waals surface area contributed by atoms with E-state index in [1.54, 1.807) is 0 Å². The maximum atomic E-state index is 4.76. The first-order valence-electron chi connectivity index (χ1n) is 11.3. The molecule has 2 heteroatoms. The molecule has 33 heavy (non-hydrogen) atoms. The smallest absolute Gasteiger partial charge is 0.137 e. The summed E-state index contributed by atoms with van der Waals surface area (Å²) in [4.78, 5) is 4.76. The van der Waals surface area contributed by atoms with Crippen LogP contribution >= 0.6 is 0 Å². The molecule has 2 atom stereocenters. The summed E-state index contributed by atoms with van der Waals surface area (Å²) >= 11 is 0. The number of hydrogen-bond acceptors (Lipinski definition) is 1. The van der Waals surface area contributed by atoms with Gasteiger partial charge in [0.25, 0.3) is 0 Å². The van der Waals surface area contributed by atoms with Gasteiger partial charge in [-0.1, -0.05) is 85.0 Å². The molecule has 0 saturated carbocycles. The number of pyridine rings is 1. The molecule has 5 aromatic rings. The SMILES string of the molecule is C=CC1C(c2ccc(-c3cn4ccccc4n3)cc2)=Cc2ccc3ccccc3c2C1C=C. The Labute approximate surface area is 193 Å². The summed E-state index contributed by atoms with van der Waals surface area (Å²) in [5.74, 6) is 0.351. The molecular formula is C31H24N2. The van der Waals surface area contributed by atoms with E-state index in [0.29, 0.717) is 0 Å². The zero-order valence-electron chi connectivity index (χ0n) is 18.4. The lowest BCUT2D eigenvalue weighted by Gasteiger charge is -2.32. The van der Waals surface area contributed by atoms with Gasteiger partial charge in [-0.3, -0.25) is 0 Å². The number of rotatable bonds is 4. The van der Waals surface area contributed by atoms with Crippen LogP contribution in [-0.2, 0) is 0 Å². The van der Waals surface area contributed by atoms with Crippen molar-refractivity contribution in [3.8, 4) is 11.3 Å².